The van der Waals surface area contributed by atoms with Crippen molar-refractivity contribution in [1.29, 1.82) is 0 Å². The number of rotatable bonds is 2. The first-order valence-electron chi connectivity index (χ1n) is 5.73. The zero-order chi connectivity index (χ0) is 12.5. The minimum absolute atomic E-state index is 0.0795. The van der Waals surface area contributed by atoms with Gasteiger partial charge in [-0.05, 0) is 35.8 Å². The molecular formula is C12H17BrN2OS. The number of hydrogen-bond acceptors (Lipinski definition) is 3. The average molecular weight is 317 g/mol. The van der Waals surface area contributed by atoms with Crippen molar-refractivity contribution in [1.82, 2.24) is 10.2 Å². The first kappa shape index (κ1) is 13.1. The maximum Gasteiger partial charge on any atom is 0.228 e. The summed E-state index contributed by atoms with van der Waals surface area (Å²) in [5, 5.41) is 5.35. The Kier molecular flexibility index (Phi) is 3.90. The standard InChI is InChI=1S/C12H17BrN2OS/c1-12(2)8-14-3-4-15(12)11(16)6-10-5-9(13)7-17-10/h5,7,14H,3-4,6,8H2,1-2H3. The third kappa shape index (κ3) is 3.09. The second-order valence-corrected chi connectivity index (χ2v) is 6.85. The molecule has 1 fully saturated rings. The van der Waals surface area contributed by atoms with Gasteiger partial charge in [0.05, 0.1) is 6.42 Å². The average Bonchev–Trinajstić information content (AvgIpc) is 2.63. The molecule has 1 amide bonds. The van der Waals surface area contributed by atoms with Gasteiger partial charge in [-0.3, -0.25) is 4.79 Å². The topological polar surface area (TPSA) is 32.3 Å². The van der Waals surface area contributed by atoms with Crippen molar-refractivity contribution in [2.75, 3.05) is 19.6 Å². The van der Waals surface area contributed by atoms with Gasteiger partial charge in [0.2, 0.25) is 5.91 Å². The summed E-state index contributed by atoms with van der Waals surface area (Å²) in [4.78, 5) is 15.4. The highest BCUT2D eigenvalue weighted by molar-refractivity contribution is 9.10. The molecule has 94 valence electrons. The van der Waals surface area contributed by atoms with Crippen LogP contribution < -0.4 is 5.32 Å². The summed E-state index contributed by atoms with van der Waals surface area (Å²) < 4.78 is 1.06. The van der Waals surface area contributed by atoms with Gasteiger partial charge in [0, 0.05) is 39.9 Å². The van der Waals surface area contributed by atoms with Crippen molar-refractivity contribution < 1.29 is 4.79 Å². The van der Waals surface area contributed by atoms with Crippen molar-refractivity contribution in [3.63, 3.8) is 0 Å². The maximum absolute atomic E-state index is 12.3. The second kappa shape index (κ2) is 5.08. The molecule has 0 bridgehead atoms. The summed E-state index contributed by atoms with van der Waals surface area (Å²) in [5.41, 5.74) is -0.0795. The number of thiophene rings is 1. The molecule has 0 aromatic carbocycles. The van der Waals surface area contributed by atoms with Crippen LogP contribution in [0.2, 0.25) is 0 Å². The van der Waals surface area contributed by atoms with Crippen LogP contribution in [0.3, 0.4) is 0 Å². The van der Waals surface area contributed by atoms with Crippen molar-refractivity contribution in [3.8, 4) is 0 Å². The molecule has 1 aliphatic heterocycles. The Hall–Kier alpha value is -0.390. The smallest absolute Gasteiger partial charge is 0.228 e. The zero-order valence-electron chi connectivity index (χ0n) is 10.1. The quantitative estimate of drug-likeness (QED) is 0.907. The largest absolute Gasteiger partial charge is 0.335 e. The van der Waals surface area contributed by atoms with Crippen molar-refractivity contribution >= 4 is 33.2 Å². The Bertz CT molecular complexity index is 416. The second-order valence-electron chi connectivity index (χ2n) is 4.94. The summed E-state index contributed by atoms with van der Waals surface area (Å²) in [6.07, 6.45) is 0.514. The molecule has 2 heterocycles. The lowest BCUT2D eigenvalue weighted by Crippen LogP contribution is -2.60. The molecular weight excluding hydrogens is 300 g/mol. The summed E-state index contributed by atoms with van der Waals surface area (Å²) >= 11 is 5.05. The normalized spacial score (nSPS) is 19.4. The fraction of sp³-hybridized carbons (Fsp3) is 0.583. The van der Waals surface area contributed by atoms with E-state index in [1.807, 2.05) is 16.3 Å². The number of carbonyl (C=O) groups excluding carboxylic acids is 1. The first-order valence-corrected chi connectivity index (χ1v) is 7.40. The van der Waals surface area contributed by atoms with Gasteiger partial charge < -0.3 is 10.2 Å². The summed E-state index contributed by atoms with van der Waals surface area (Å²) in [6, 6.07) is 2.03. The minimum Gasteiger partial charge on any atom is -0.335 e. The number of carbonyl (C=O) groups is 1. The third-order valence-corrected chi connectivity index (χ3v) is 4.75. The van der Waals surface area contributed by atoms with Gasteiger partial charge in [-0.1, -0.05) is 0 Å². The van der Waals surface area contributed by atoms with Crippen LogP contribution in [0, 0.1) is 0 Å². The highest BCUT2D eigenvalue weighted by Crippen LogP contribution is 2.23. The molecule has 3 nitrogen and oxygen atoms in total. The number of hydrogen-bond donors (Lipinski definition) is 1. The van der Waals surface area contributed by atoms with E-state index in [1.165, 1.54) is 0 Å². The van der Waals surface area contributed by atoms with Crippen LogP contribution in [0.25, 0.3) is 0 Å². The highest BCUT2D eigenvalue weighted by atomic mass is 79.9. The SMILES string of the molecule is CC1(C)CNCCN1C(=O)Cc1cc(Br)cs1. The summed E-state index contributed by atoms with van der Waals surface area (Å²) in [6.45, 7) is 6.79. The van der Waals surface area contributed by atoms with Crippen LogP contribution in [-0.2, 0) is 11.2 Å². The fourth-order valence-corrected chi connectivity index (χ4v) is 3.58. The highest BCUT2D eigenvalue weighted by Gasteiger charge is 2.32. The number of halogens is 1. The predicted octanol–water partition coefficient (Wildman–Crippen LogP) is 2.26. The van der Waals surface area contributed by atoms with Gasteiger partial charge in [0.1, 0.15) is 0 Å². The van der Waals surface area contributed by atoms with Crippen LogP contribution in [0.5, 0.6) is 0 Å². The molecule has 0 spiro atoms. The Morgan fingerprint density at radius 1 is 1.65 bits per heavy atom. The van der Waals surface area contributed by atoms with E-state index in [2.05, 4.69) is 35.1 Å². The van der Waals surface area contributed by atoms with Crippen LogP contribution >= 0.6 is 27.3 Å². The lowest BCUT2D eigenvalue weighted by atomic mass is 9.99. The molecule has 0 radical (unpaired) electrons. The Labute approximate surface area is 114 Å². The van der Waals surface area contributed by atoms with Crippen LogP contribution in [0.4, 0.5) is 0 Å². The molecule has 5 heteroatoms. The van der Waals surface area contributed by atoms with E-state index in [4.69, 9.17) is 0 Å². The first-order chi connectivity index (χ1) is 7.99. The molecule has 0 atom stereocenters. The molecule has 0 unspecified atom stereocenters. The molecule has 2 rings (SSSR count). The molecule has 1 aromatic heterocycles. The van der Waals surface area contributed by atoms with E-state index < -0.39 is 0 Å². The predicted molar refractivity (Wildman–Crippen MR) is 74.4 cm³/mol. The van der Waals surface area contributed by atoms with Gasteiger partial charge in [0.15, 0.2) is 0 Å². The van der Waals surface area contributed by atoms with Gasteiger partial charge >= 0.3 is 0 Å². The van der Waals surface area contributed by atoms with E-state index in [0.29, 0.717) is 6.42 Å². The van der Waals surface area contributed by atoms with Crippen molar-refractivity contribution in [2.24, 2.45) is 0 Å². The van der Waals surface area contributed by atoms with Gasteiger partial charge in [0.25, 0.3) is 0 Å². The minimum atomic E-state index is -0.0795. The Morgan fingerprint density at radius 3 is 3.00 bits per heavy atom. The third-order valence-electron chi connectivity index (χ3n) is 3.05. The van der Waals surface area contributed by atoms with E-state index in [-0.39, 0.29) is 11.4 Å². The summed E-state index contributed by atoms with van der Waals surface area (Å²) in [7, 11) is 0. The van der Waals surface area contributed by atoms with Crippen molar-refractivity contribution in [2.45, 2.75) is 25.8 Å². The zero-order valence-corrected chi connectivity index (χ0v) is 12.5. The molecule has 1 saturated heterocycles. The van der Waals surface area contributed by atoms with Gasteiger partial charge in [-0.15, -0.1) is 11.3 Å². The number of nitrogens with one attached hydrogen (secondary N) is 1. The number of nitrogens with zero attached hydrogens (tertiary/aromatic N) is 1. The molecule has 1 N–H and O–H groups in total. The molecule has 17 heavy (non-hydrogen) atoms. The van der Waals surface area contributed by atoms with Gasteiger partial charge in [-0.2, -0.15) is 0 Å². The van der Waals surface area contributed by atoms with Gasteiger partial charge in [-0.25, -0.2) is 0 Å². The summed E-state index contributed by atoms with van der Waals surface area (Å²) in [5.74, 6) is 0.228. The number of amides is 1. The lowest BCUT2D eigenvalue weighted by molar-refractivity contribution is -0.136. The van der Waals surface area contributed by atoms with E-state index in [0.717, 1.165) is 29.0 Å². The lowest BCUT2D eigenvalue weighted by Gasteiger charge is -2.42. The molecule has 0 aliphatic carbocycles. The van der Waals surface area contributed by atoms with E-state index in [9.17, 15) is 4.79 Å². The Balaban J connectivity index is 2.04. The monoisotopic (exact) mass is 316 g/mol. The fourth-order valence-electron chi connectivity index (χ4n) is 2.14. The maximum atomic E-state index is 12.3. The number of piperazine rings is 1. The van der Waals surface area contributed by atoms with Crippen LogP contribution in [0.1, 0.15) is 18.7 Å². The molecule has 0 saturated carbocycles. The Morgan fingerprint density at radius 2 is 2.41 bits per heavy atom. The molecule has 1 aromatic rings. The van der Waals surface area contributed by atoms with E-state index in [1.54, 1.807) is 11.3 Å². The van der Waals surface area contributed by atoms with Crippen LogP contribution in [-0.4, -0.2) is 36.0 Å². The van der Waals surface area contributed by atoms with Crippen molar-refractivity contribution in [3.05, 3.63) is 20.8 Å². The van der Waals surface area contributed by atoms with E-state index >= 15 is 0 Å². The molecule has 1 aliphatic rings. The van der Waals surface area contributed by atoms with Crippen LogP contribution in [0.15, 0.2) is 15.9 Å².